The molecular formula is C23H27N3O3. The molecule has 2 aromatic rings. The van der Waals surface area contributed by atoms with E-state index >= 15 is 0 Å². The molecule has 152 valence electrons. The van der Waals surface area contributed by atoms with E-state index in [0.29, 0.717) is 19.0 Å². The maximum Gasteiger partial charge on any atom is 0.238 e. The van der Waals surface area contributed by atoms with Gasteiger partial charge < -0.3 is 15.0 Å². The first-order valence-corrected chi connectivity index (χ1v) is 10.2. The van der Waals surface area contributed by atoms with Gasteiger partial charge in [-0.15, -0.1) is 0 Å². The highest BCUT2D eigenvalue weighted by atomic mass is 16.5. The number of ether oxygens (including phenoxy) is 1. The zero-order valence-corrected chi connectivity index (χ0v) is 16.8. The molecule has 2 fully saturated rings. The fraction of sp³-hybridized carbons (Fsp3) is 0.391. The summed E-state index contributed by atoms with van der Waals surface area (Å²) in [6.45, 7) is 1.88. The average molecular weight is 393 g/mol. The van der Waals surface area contributed by atoms with Gasteiger partial charge in [0.15, 0.2) is 0 Å². The number of methoxy groups -OCH3 is 1. The van der Waals surface area contributed by atoms with Crippen LogP contribution in [-0.2, 0) is 16.1 Å². The predicted octanol–water partition coefficient (Wildman–Crippen LogP) is 3.43. The molecule has 0 atom stereocenters. The van der Waals surface area contributed by atoms with Crippen molar-refractivity contribution in [2.75, 3.05) is 30.4 Å². The van der Waals surface area contributed by atoms with E-state index in [4.69, 9.17) is 4.74 Å². The molecule has 2 amide bonds. The molecule has 1 aliphatic carbocycles. The Balaban J connectivity index is 1.34. The summed E-state index contributed by atoms with van der Waals surface area (Å²) in [6, 6.07) is 16.0. The fourth-order valence-electron chi connectivity index (χ4n) is 3.75. The second-order valence-electron chi connectivity index (χ2n) is 7.73. The minimum Gasteiger partial charge on any atom is -0.497 e. The molecule has 1 saturated carbocycles. The third-order valence-electron chi connectivity index (χ3n) is 5.49. The van der Waals surface area contributed by atoms with E-state index in [1.54, 1.807) is 12.0 Å². The molecule has 0 radical (unpaired) electrons. The topological polar surface area (TPSA) is 61.9 Å². The number of rotatable bonds is 8. The molecule has 1 aliphatic heterocycles. The Bertz CT molecular complexity index is 860. The Morgan fingerprint density at radius 1 is 1.14 bits per heavy atom. The summed E-state index contributed by atoms with van der Waals surface area (Å²) in [4.78, 5) is 28.5. The van der Waals surface area contributed by atoms with Crippen LogP contribution in [-0.4, -0.2) is 43.0 Å². The van der Waals surface area contributed by atoms with Gasteiger partial charge in [0.25, 0.3) is 0 Å². The van der Waals surface area contributed by atoms with Crippen LogP contribution in [0, 0.1) is 0 Å². The summed E-state index contributed by atoms with van der Waals surface area (Å²) < 4.78 is 5.21. The van der Waals surface area contributed by atoms with Crippen molar-refractivity contribution in [2.45, 2.75) is 38.3 Å². The highest BCUT2D eigenvalue weighted by Crippen LogP contribution is 2.29. The van der Waals surface area contributed by atoms with E-state index in [2.05, 4.69) is 10.2 Å². The van der Waals surface area contributed by atoms with Gasteiger partial charge in [0.2, 0.25) is 11.8 Å². The molecule has 1 heterocycles. The molecule has 0 bridgehead atoms. The number of anilines is 2. The monoisotopic (exact) mass is 393 g/mol. The van der Waals surface area contributed by atoms with E-state index in [-0.39, 0.29) is 11.8 Å². The van der Waals surface area contributed by atoms with Crippen LogP contribution in [0.4, 0.5) is 11.4 Å². The molecule has 29 heavy (non-hydrogen) atoms. The summed E-state index contributed by atoms with van der Waals surface area (Å²) >= 11 is 0. The third-order valence-corrected chi connectivity index (χ3v) is 5.49. The van der Waals surface area contributed by atoms with Gasteiger partial charge in [0.05, 0.1) is 13.7 Å². The maximum absolute atomic E-state index is 12.6. The molecule has 0 aromatic heterocycles. The lowest BCUT2D eigenvalue weighted by molar-refractivity contribution is -0.118. The molecule has 4 rings (SSSR count). The van der Waals surface area contributed by atoms with Gasteiger partial charge in [-0.2, -0.15) is 0 Å². The summed E-state index contributed by atoms with van der Waals surface area (Å²) in [5, 5.41) is 2.98. The molecule has 0 unspecified atom stereocenters. The SMILES string of the molecule is COc1ccc(CN(CC(=O)Nc2ccc(N3CCCC3=O)cc2)C2CC2)cc1. The van der Waals surface area contributed by atoms with Crippen molar-refractivity contribution in [1.29, 1.82) is 0 Å². The first-order valence-electron chi connectivity index (χ1n) is 10.2. The number of hydrogen-bond donors (Lipinski definition) is 1. The van der Waals surface area contributed by atoms with Gasteiger partial charge in [-0.3, -0.25) is 14.5 Å². The second kappa shape index (κ2) is 8.66. The van der Waals surface area contributed by atoms with Gasteiger partial charge in [-0.25, -0.2) is 0 Å². The zero-order valence-electron chi connectivity index (χ0n) is 16.8. The van der Waals surface area contributed by atoms with E-state index in [1.807, 2.05) is 48.5 Å². The van der Waals surface area contributed by atoms with Crippen molar-refractivity contribution in [2.24, 2.45) is 0 Å². The second-order valence-corrected chi connectivity index (χ2v) is 7.73. The number of hydrogen-bond acceptors (Lipinski definition) is 4. The molecule has 2 aromatic carbocycles. The van der Waals surface area contributed by atoms with E-state index in [1.165, 1.54) is 5.56 Å². The van der Waals surface area contributed by atoms with Crippen LogP contribution in [0.3, 0.4) is 0 Å². The number of amides is 2. The van der Waals surface area contributed by atoms with Crippen LogP contribution in [0.15, 0.2) is 48.5 Å². The number of carbonyl (C=O) groups is 2. The minimum absolute atomic E-state index is 0.0181. The number of nitrogens with zero attached hydrogens (tertiary/aromatic N) is 2. The van der Waals surface area contributed by atoms with Gasteiger partial charge in [0.1, 0.15) is 5.75 Å². The largest absolute Gasteiger partial charge is 0.497 e. The van der Waals surface area contributed by atoms with Crippen molar-refractivity contribution < 1.29 is 14.3 Å². The van der Waals surface area contributed by atoms with Gasteiger partial charge in [-0.1, -0.05) is 12.1 Å². The normalized spacial score (nSPS) is 16.3. The molecular weight excluding hydrogens is 366 g/mol. The fourth-order valence-corrected chi connectivity index (χ4v) is 3.75. The molecule has 6 heteroatoms. The summed E-state index contributed by atoms with van der Waals surface area (Å²) in [6.07, 6.45) is 3.80. The molecule has 6 nitrogen and oxygen atoms in total. The maximum atomic E-state index is 12.6. The van der Waals surface area contributed by atoms with Gasteiger partial charge in [-0.05, 0) is 61.2 Å². The van der Waals surface area contributed by atoms with Gasteiger partial charge >= 0.3 is 0 Å². The van der Waals surface area contributed by atoms with Gasteiger partial charge in [0, 0.05) is 36.9 Å². The Morgan fingerprint density at radius 3 is 2.45 bits per heavy atom. The lowest BCUT2D eigenvalue weighted by Crippen LogP contribution is -2.34. The third kappa shape index (κ3) is 4.95. The van der Waals surface area contributed by atoms with Crippen LogP contribution in [0.25, 0.3) is 0 Å². The highest BCUT2D eigenvalue weighted by molar-refractivity contribution is 5.96. The first kappa shape index (κ1) is 19.5. The lowest BCUT2D eigenvalue weighted by atomic mass is 10.2. The zero-order chi connectivity index (χ0) is 20.2. The Kier molecular flexibility index (Phi) is 5.81. The quantitative estimate of drug-likeness (QED) is 0.746. The number of benzene rings is 2. The van der Waals surface area contributed by atoms with Crippen LogP contribution >= 0.6 is 0 Å². The van der Waals surface area contributed by atoms with Crippen molar-refractivity contribution in [3.63, 3.8) is 0 Å². The molecule has 0 spiro atoms. The summed E-state index contributed by atoms with van der Waals surface area (Å²) in [7, 11) is 1.66. The molecule has 1 N–H and O–H groups in total. The van der Waals surface area contributed by atoms with Crippen LogP contribution in [0.1, 0.15) is 31.2 Å². The van der Waals surface area contributed by atoms with E-state index in [0.717, 1.165) is 49.5 Å². The Hall–Kier alpha value is -2.86. The van der Waals surface area contributed by atoms with E-state index in [9.17, 15) is 9.59 Å². The number of nitrogens with one attached hydrogen (secondary N) is 1. The summed E-state index contributed by atoms with van der Waals surface area (Å²) in [5.74, 6) is 0.986. The van der Waals surface area contributed by atoms with Crippen LogP contribution in [0.5, 0.6) is 5.75 Å². The highest BCUT2D eigenvalue weighted by Gasteiger charge is 2.30. The first-order chi connectivity index (χ1) is 14.1. The van der Waals surface area contributed by atoms with Crippen molar-refractivity contribution in [3.8, 4) is 5.75 Å². The smallest absolute Gasteiger partial charge is 0.238 e. The van der Waals surface area contributed by atoms with Crippen LogP contribution in [0.2, 0.25) is 0 Å². The van der Waals surface area contributed by atoms with Crippen molar-refractivity contribution >= 4 is 23.2 Å². The standard InChI is InChI=1S/C23H27N3O3/c1-29-21-12-4-17(5-13-21)15-25(19-10-11-19)16-22(27)24-18-6-8-20(9-7-18)26-14-2-3-23(26)28/h4-9,12-13,19H,2-3,10-11,14-16H2,1H3,(H,24,27). The van der Waals surface area contributed by atoms with Crippen molar-refractivity contribution in [1.82, 2.24) is 4.90 Å². The van der Waals surface area contributed by atoms with E-state index < -0.39 is 0 Å². The Morgan fingerprint density at radius 2 is 1.86 bits per heavy atom. The summed E-state index contributed by atoms with van der Waals surface area (Å²) in [5.41, 5.74) is 2.82. The number of carbonyl (C=O) groups excluding carboxylic acids is 2. The minimum atomic E-state index is -0.0181. The lowest BCUT2D eigenvalue weighted by Gasteiger charge is -2.22. The Labute approximate surface area is 171 Å². The molecule has 2 aliphatic rings. The predicted molar refractivity (Wildman–Crippen MR) is 113 cm³/mol. The van der Waals surface area contributed by atoms with Crippen LogP contribution < -0.4 is 15.0 Å². The molecule has 1 saturated heterocycles. The van der Waals surface area contributed by atoms with Crippen molar-refractivity contribution in [3.05, 3.63) is 54.1 Å². The average Bonchev–Trinajstić information content (AvgIpc) is 3.50.